The fraction of sp³-hybridized carbons (Fsp3) is 0.500. The van der Waals surface area contributed by atoms with Crippen molar-refractivity contribution in [2.75, 3.05) is 14.2 Å². The summed E-state index contributed by atoms with van der Waals surface area (Å²) in [6, 6.07) is 1.86. The predicted molar refractivity (Wildman–Crippen MR) is 69.2 cm³/mol. The molecule has 0 aliphatic rings. The molecule has 1 rings (SSSR count). The van der Waals surface area contributed by atoms with E-state index in [2.05, 4.69) is 22.9 Å². The standard InChI is InChI=1S/C12H18BrNO2/c1-5-8-11(7(2)14)9(13)6-10(15-3)12(8)16-4/h6-7H,5,14H2,1-4H3. The molecule has 0 bridgehead atoms. The van der Waals surface area contributed by atoms with E-state index in [1.807, 2.05) is 13.0 Å². The summed E-state index contributed by atoms with van der Waals surface area (Å²) in [5.74, 6) is 1.51. The SMILES string of the molecule is CCc1c(OC)c(OC)cc(Br)c1C(C)N. The van der Waals surface area contributed by atoms with Crippen LogP contribution in [0.3, 0.4) is 0 Å². The second kappa shape index (κ2) is 5.55. The molecule has 16 heavy (non-hydrogen) atoms. The first-order valence-corrected chi connectivity index (χ1v) is 6.04. The third-order valence-electron chi connectivity index (χ3n) is 2.57. The van der Waals surface area contributed by atoms with Crippen molar-refractivity contribution >= 4 is 15.9 Å². The first-order chi connectivity index (χ1) is 7.56. The van der Waals surface area contributed by atoms with Crippen molar-refractivity contribution in [1.29, 1.82) is 0 Å². The molecule has 4 heteroatoms. The topological polar surface area (TPSA) is 44.5 Å². The van der Waals surface area contributed by atoms with Crippen LogP contribution in [0.15, 0.2) is 10.5 Å². The minimum absolute atomic E-state index is 0.0378. The Hall–Kier alpha value is -0.740. The lowest BCUT2D eigenvalue weighted by Crippen LogP contribution is -2.11. The van der Waals surface area contributed by atoms with Gasteiger partial charge in [-0.05, 0) is 25.0 Å². The fourth-order valence-corrected chi connectivity index (χ4v) is 2.70. The van der Waals surface area contributed by atoms with Crippen molar-refractivity contribution in [3.05, 3.63) is 21.7 Å². The number of rotatable bonds is 4. The molecule has 0 aromatic heterocycles. The van der Waals surface area contributed by atoms with Crippen molar-refractivity contribution in [2.24, 2.45) is 5.73 Å². The molecule has 1 aromatic carbocycles. The molecular formula is C12H18BrNO2. The Morgan fingerprint density at radius 2 is 2.00 bits per heavy atom. The highest BCUT2D eigenvalue weighted by Crippen LogP contribution is 2.40. The number of methoxy groups -OCH3 is 2. The maximum absolute atomic E-state index is 5.98. The largest absolute Gasteiger partial charge is 0.493 e. The average molecular weight is 288 g/mol. The molecule has 0 fully saturated rings. The summed E-state index contributed by atoms with van der Waals surface area (Å²) in [5, 5.41) is 0. The summed E-state index contributed by atoms with van der Waals surface area (Å²) in [6.07, 6.45) is 0.857. The molecule has 0 spiro atoms. The van der Waals surface area contributed by atoms with Gasteiger partial charge in [-0.3, -0.25) is 0 Å². The molecule has 1 atom stereocenters. The van der Waals surface area contributed by atoms with Crippen molar-refractivity contribution in [3.8, 4) is 11.5 Å². The van der Waals surface area contributed by atoms with Gasteiger partial charge in [0.1, 0.15) is 0 Å². The van der Waals surface area contributed by atoms with E-state index in [4.69, 9.17) is 15.2 Å². The van der Waals surface area contributed by atoms with Crippen LogP contribution in [0.1, 0.15) is 31.0 Å². The van der Waals surface area contributed by atoms with Gasteiger partial charge < -0.3 is 15.2 Å². The van der Waals surface area contributed by atoms with E-state index in [0.717, 1.165) is 33.5 Å². The summed E-state index contributed by atoms with van der Waals surface area (Å²) in [6.45, 7) is 4.04. The Morgan fingerprint density at radius 1 is 1.38 bits per heavy atom. The molecule has 0 aliphatic carbocycles. The molecule has 3 nitrogen and oxygen atoms in total. The van der Waals surface area contributed by atoms with Crippen LogP contribution in [0, 0.1) is 0 Å². The van der Waals surface area contributed by atoms with Crippen molar-refractivity contribution in [3.63, 3.8) is 0 Å². The Bertz CT molecular complexity index is 378. The van der Waals surface area contributed by atoms with Crippen LogP contribution in [0.5, 0.6) is 11.5 Å². The maximum atomic E-state index is 5.98. The van der Waals surface area contributed by atoms with Crippen molar-refractivity contribution < 1.29 is 9.47 Å². The van der Waals surface area contributed by atoms with Crippen molar-refractivity contribution in [2.45, 2.75) is 26.3 Å². The average Bonchev–Trinajstić information content (AvgIpc) is 2.26. The summed E-state index contributed by atoms with van der Waals surface area (Å²) >= 11 is 3.53. The van der Waals surface area contributed by atoms with Gasteiger partial charge in [0.2, 0.25) is 0 Å². The molecule has 0 amide bonds. The summed E-state index contributed by atoms with van der Waals surface area (Å²) in [7, 11) is 3.28. The van der Waals surface area contributed by atoms with E-state index in [9.17, 15) is 0 Å². The highest BCUT2D eigenvalue weighted by molar-refractivity contribution is 9.10. The molecular weight excluding hydrogens is 270 g/mol. The molecule has 90 valence electrons. The number of benzene rings is 1. The second-order valence-electron chi connectivity index (χ2n) is 3.63. The van der Waals surface area contributed by atoms with Crippen LogP contribution < -0.4 is 15.2 Å². The first-order valence-electron chi connectivity index (χ1n) is 5.25. The van der Waals surface area contributed by atoms with E-state index in [0.29, 0.717) is 0 Å². The Morgan fingerprint density at radius 3 is 2.38 bits per heavy atom. The number of nitrogens with two attached hydrogens (primary N) is 1. The molecule has 0 saturated heterocycles. The lowest BCUT2D eigenvalue weighted by molar-refractivity contribution is 0.350. The lowest BCUT2D eigenvalue weighted by Gasteiger charge is -2.19. The normalized spacial score (nSPS) is 12.4. The predicted octanol–water partition coefficient (Wildman–Crippen LogP) is 3.05. The molecule has 1 aromatic rings. The summed E-state index contributed by atoms with van der Waals surface area (Å²) in [5.41, 5.74) is 8.16. The minimum Gasteiger partial charge on any atom is -0.493 e. The van der Waals surface area contributed by atoms with E-state index < -0.39 is 0 Å². The Labute approximate surface area is 105 Å². The van der Waals surface area contributed by atoms with E-state index in [1.54, 1.807) is 14.2 Å². The van der Waals surface area contributed by atoms with E-state index in [1.165, 1.54) is 0 Å². The quantitative estimate of drug-likeness (QED) is 0.926. The van der Waals surface area contributed by atoms with Gasteiger partial charge in [-0.2, -0.15) is 0 Å². The van der Waals surface area contributed by atoms with Gasteiger partial charge in [0.25, 0.3) is 0 Å². The maximum Gasteiger partial charge on any atom is 0.164 e. The Balaban J connectivity index is 3.51. The van der Waals surface area contributed by atoms with Gasteiger partial charge in [0, 0.05) is 16.1 Å². The zero-order valence-corrected chi connectivity index (χ0v) is 11.7. The molecule has 0 heterocycles. The highest BCUT2D eigenvalue weighted by Gasteiger charge is 2.19. The molecule has 0 saturated carbocycles. The van der Waals surface area contributed by atoms with Gasteiger partial charge in [0.05, 0.1) is 14.2 Å². The van der Waals surface area contributed by atoms with Gasteiger partial charge in [-0.25, -0.2) is 0 Å². The van der Waals surface area contributed by atoms with Crippen molar-refractivity contribution in [1.82, 2.24) is 0 Å². The third-order valence-corrected chi connectivity index (χ3v) is 3.23. The van der Waals surface area contributed by atoms with Crippen LogP contribution in [-0.4, -0.2) is 14.2 Å². The Kier molecular flexibility index (Phi) is 4.62. The zero-order valence-electron chi connectivity index (χ0n) is 10.1. The molecule has 0 radical (unpaired) electrons. The molecule has 1 unspecified atom stereocenters. The van der Waals surface area contributed by atoms with Crippen LogP contribution in [0.4, 0.5) is 0 Å². The van der Waals surface area contributed by atoms with Crippen LogP contribution in [0.2, 0.25) is 0 Å². The smallest absolute Gasteiger partial charge is 0.164 e. The van der Waals surface area contributed by atoms with Crippen LogP contribution in [0.25, 0.3) is 0 Å². The monoisotopic (exact) mass is 287 g/mol. The van der Waals surface area contributed by atoms with Crippen LogP contribution in [-0.2, 0) is 6.42 Å². The second-order valence-corrected chi connectivity index (χ2v) is 4.48. The number of hydrogen-bond donors (Lipinski definition) is 1. The summed E-state index contributed by atoms with van der Waals surface area (Å²) < 4.78 is 11.7. The summed E-state index contributed by atoms with van der Waals surface area (Å²) in [4.78, 5) is 0. The molecule has 2 N–H and O–H groups in total. The van der Waals surface area contributed by atoms with E-state index in [-0.39, 0.29) is 6.04 Å². The lowest BCUT2D eigenvalue weighted by atomic mass is 9.98. The highest BCUT2D eigenvalue weighted by atomic mass is 79.9. The molecule has 0 aliphatic heterocycles. The van der Waals surface area contributed by atoms with Gasteiger partial charge in [-0.1, -0.05) is 22.9 Å². The zero-order chi connectivity index (χ0) is 12.3. The van der Waals surface area contributed by atoms with E-state index >= 15 is 0 Å². The first kappa shape index (κ1) is 13.3. The minimum atomic E-state index is -0.0378. The van der Waals surface area contributed by atoms with Crippen LogP contribution >= 0.6 is 15.9 Å². The van der Waals surface area contributed by atoms with Gasteiger partial charge in [-0.15, -0.1) is 0 Å². The fourth-order valence-electron chi connectivity index (χ4n) is 1.89. The van der Waals surface area contributed by atoms with Gasteiger partial charge >= 0.3 is 0 Å². The third kappa shape index (κ3) is 2.33. The van der Waals surface area contributed by atoms with Gasteiger partial charge in [0.15, 0.2) is 11.5 Å². The number of hydrogen-bond acceptors (Lipinski definition) is 3. The number of ether oxygens (including phenoxy) is 2. The number of halogens is 1.